The summed E-state index contributed by atoms with van der Waals surface area (Å²) < 4.78 is 63.4. The second-order valence-corrected chi connectivity index (χ2v) is 8.77. The fourth-order valence-electron chi connectivity index (χ4n) is 2.71. The molecule has 2 aromatic heterocycles. The molecule has 0 aliphatic carbocycles. The second-order valence-electron chi connectivity index (χ2n) is 6.49. The van der Waals surface area contributed by atoms with Gasteiger partial charge in [-0.1, -0.05) is 6.92 Å². The number of amides is 1. The predicted molar refractivity (Wildman–Crippen MR) is 105 cm³/mol. The van der Waals surface area contributed by atoms with Crippen LogP contribution in [0, 0.1) is 6.92 Å². The maximum Gasteiger partial charge on any atom is 0.417 e. The summed E-state index contributed by atoms with van der Waals surface area (Å²) in [5.41, 5.74) is -0.692. The van der Waals surface area contributed by atoms with Crippen LogP contribution in [-0.4, -0.2) is 39.9 Å². The molecule has 0 aliphatic rings. The molecule has 0 atom stereocenters. The van der Waals surface area contributed by atoms with Crippen LogP contribution < -0.4 is 5.32 Å². The maximum absolute atomic E-state index is 12.7. The molecule has 0 fully saturated rings. The number of rotatable bonds is 5. The number of nitrogens with one attached hydrogen (secondary N) is 1. The third-order valence-corrected chi connectivity index (χ3v) is 6.23. The van der Waals surface area contributed by atoms with Gasteiger partial charge < -0.3 is 10.4 Å². The van der Waals surface area contributed by atoms with Crippen LogP contribution in [0.4, 0.5) is 18.9 Å². The Balaban J connectivity index is 1.88. The maximum atomic E-state index is 12.7. The number of aromatic nitrogens is 3. The van der Waals surface area contributed by atoms with Gasteiger partial charge in [0.15, 0.2) is 15.7 Å². The summed E-state index contributed by atoms with van der Waals surface area (Å²) in [5, 5.41) is 16.4. The van der Waals surface area contributed by atoms with Crippen molar-refractivity contribution >= 4 is 21.4 Å². The summed E-state index contributed by atoms with van der Waals surface area (Å²) in [6, 6.07) is 5.49. The van der Waals surface area contributed by atoms with Crippen LogP contribution in [0.2, 0.25) is 0 Å². The molecule has 2 heterocycles. The number of halogens is 3. The number of phenolic OH excluding ortho intramolecular Hbond substituents is 1. The molecule has 0 aliphatic heterocycles. The van der Waals surface area contributed by atoms with Crippen molar-refractivity contribution in [3.63, 3.8) is 0 Å². The molecule has 0 saturated carbocycles. The van der Waals surface area contributed by atoms with Crippen molar-refractivity contribution in [1.82, 2.24) is 14.8 Å². The number of sulfone groups is 1. The number of alkyl halides is 3. The molecule has 8 nitrogen and oxygen atoms in total. The van der Waals surface area contributed by atoms with E-state index in [1.54, 1.807) is 0 Å². The van der Waals surface area contributed by atoms with Gasteiger partial charge in [0.05, 0.1) is 39.4 Å². The number of carbonyl (C=O) groups is 1. The van der Waals surface area contributed by atoms with Gasteiger partial charge in [0.2, 0.25) is 0 Å². The number of hydrogen-bond donors (Lipinski definition) is 2. The molecule has 164 valence electrons. The van der Waals surface area contributed by atoms with Gasteiger partial charge in [0.25, 0.3) is 5.91 Å². The third kappa shape index (κ3) is 4.53. The molecule has 3 aromatic rings. The Morgan fingerprint density at radius 1 is 1.19 bits per heavy atom. The molecule has 0 saturated heterocycles. The van der Waals surface area contributed by atoms with Gasteiger partial charge in [0, 0.05) is 6.20 Å². The van der Waals surface area contributed by atoms with E-state index in [9.17, 15) is 31.5 Å². The highest BCUT2D eigenvalue weighted by Gasteiger charge is 2.31. The Labute approximate surface area is 175 Å². The minimum Gasteiger partial charge on any atom is -0.506 e. The fraction of sp³-hybridized carbons (Fsp3) is 0.211. The molecular formula is C19H17F3N4O4S. The number of carbonyl (C=O) groups excluding carboxylic acids is 1. The highest BCUT2D eigenvalue weighted by atomic mass is 32.2. The summed E-state index contributed by atoms with van der Waals surface area (Å²) >= 11 is 0. The molecule has 0 radical (unpaired) electrons. The summed E-state index contributed by atoms with van der Waals surface area (Å²) in [4.78, 5) is 16.3. The lowest BCUT2D eigenvalue weighted by atomic mass is 10.2. The number of hydrogen-bond acceptors (Lipinski definition) is 6. The highest BCUT2D eigenvalue weighted by Crippen LogP contribution is 2.30. The molecule has 31 heavy (non-hydrogen) atoms. The van der Waals surface area contributed by atoms with E-state index in [4.69, 9.17) is 0 Å². The number of nitrogens with zero attached hydrogens (tertiary/aromatic N) is 3. The quantitative estimate of drug-likeness (QED) is 0.572. The molecule has 0 unspecified atom stereocenters. The van der Waals surface area contributed by atoms with Crippen LogP contribution in [0.3, 0.4) is 0 Å². The minimum absolute atomic E-state index is 0.0600. The summed E-state index contributed by atoms with van der Waals surface area (Å²) in [5.74, 6) is -1.12. The van der Waals surface area contributed by atoms with Crippen molar-refractivity contribution in [3.8, 4) is 11.6 Å². The zero-order valence-electron chi connectivity index (χ0n) is 16.3. The largest absolute Gasteiger partial charge is 0.506 e. The Bertz CT molecular complexity index is 1240. The standard InChI is InChI=1S/C19H17F3N4O4S/c1-3-31(29,30)13-5-6-16(27)15(8-13)25-18(28)14-10-24-26(11(14)2)17-7-4-12(9-23-17)19(20,21)22/h4-10,27H,3H2,1-2H3,(H,25,28). The van der Waals surface area contributed by atoms with Crippen LogP contribution >= 0.6 is 0 Å². The van der Waals surface area contributed by atoms with E-state index in [2.05, 4.69) is 15.4 Å². The number of aromatic hydroxyl groups is 1. The van der Waals surface area contributed by atoms with Crippen LogP contribution in [0.5, 0.6) is 5.75 Å². The minimum atomic E-state index is -4.53. The molecule has 1 aromatic carbocycles. The Morgan fingerprint density at radius 2 is 1.90 bits per heavy atom. The average Bonchev–Trinajstić information content (AvgIpc) is 3.10. The third-order valence-electron chi connectivity index (χ3n) is 4.50. The molecule has 2 N–H and O–H groups in total. The summed E-state index contributed by atoms with van der Waals surface area (Å²) in [6.07, 6.45) is -2.68. The first-order chi connectivity index (χ1) is 14.4. The SMILES string of the molecule is CCS(=O)(=O)c1ccc(O)c(NC(=O)c2cnn(-c3ccc(C(F)(F)F)cn3)c2C)c1. The Morgan fingerprint density at radius 3 is 2.48 bits per heavy atom. The number of pyridine rings is 1. The van der Waals surface area contributed by atoms with E-state index < -0.39 is 27.5 Å². The zero-order valence-corrected chi connectivity index (χ0v) is 17.1. The van der Waals surface area contributed by atoms with Crippen molar-refractivity contribution in [2.24, 2.45) is 0 Å². The first-order valence-corrected chi connectivity index (χ1v) is 10.5. The smallest absolute Gasteiger partial charge is 0.417 e. The predicted octanol–water partition coefficient (Wildman–Crippen LogP) is 3.35. The normalized spacial score (nSPS) is 12.0. The van der Waals surface area contributed by atoms with Crippen LogP contribution in [0.1, 0.15) is 28.5 Å². The van der Waals surface area contributed by atoms with E-state index >= 15 is 0 Å². The van der Waals surface area contributed by atoms with Crippen LogP contribution in [-0.2, 0) is 16.0 Å². The van der Waals surface area contributed by atoms with E-state index in [-0.39, 0.29) is 39.2 Å². The molecule has 12 heteroatoms. The van der Waals surface area contributed by atoms with E-state index in [1.165, 1.54) is 30.8 Å². The highest BCUT2D eigenvalue weighted by molar-refractivity contribution is 7.91. The summed E-state index contributed by atoms with van der Waals surface area (Å²) in [7, 11) is -3.56. The fourth-order valence-corrected chi connectivity index (χ4v) is 3.61. The van der Waals surface area contributed by atoms with Gasteiger partial charge in [-0.15, -0.1) is 0 Å². The van der Waals surface area contributed by atoms with Gasteiger partial charge in [-0.25, -0.2) is 18.1 Å². The lowest BCUT2D eigenvalue weighted by molar-refractivity contribution is -0.137. The van der Waals surface area contributed by atoms with Crippen molar-refractivity contribution in [3.05, 3.63) is 59.5 Å². The van der Waals surface area contributed by atoms with Crippen molar-refractivity contribution < 1.29 is 31.5 Å². The first kappa shape index (κ1) is 22.3. The average molecular weight is 454 g/mol. The lowest BCUT2D eigenvalue weighted by Gasteiger charge is -2.10. The number of phenols is 1. The van der Waals surface area contributed by atoms with Crippen LogP contribution in [0.25, 0.3) is 5.82 Å². The molecule has 3 rings (SSSR count). The molecule has 0 bridgehead atoms. The summed E-state index contributed by atoms with van der Waals surface area (Å²) in [6.45, 7) is 2.98. The second kappa shape index (κ2) is 8.02. The lowest BCUT2D eigenvalue weighted by Crippen LogP contribution is -2.14. The van der Waals surface area contributed by atoms with Gasteiger partial charge in [-0.2, -0.15) is 18.3 Å². The van der Waals surface area contributed by atoms with Gasteiger partial charge >= 0.3 is 6.18 Å². The molecule has 0 spiro atoms. The van der Waals surface area contributed by atoms with E-state index in [0.717, 1.165) is 24.3 Å². The monoisotopic (exact) mass is 454 g/mol. The Hall–Kier alpha value is -3.41. The van der Waals surface area contributed by atoms with Gasteiger partial charge in [-0.05, 0) is 37.3 Å². The zero-order chi connectivity index (χ0) is 23.0. The number of benzene rings is 1. The topological polar surface area (TPSA) is 114 Å². The van der Waals surface area contributed by atoms with E-state index in [1.807, 2.05) is 0 Å². The first-order valence-electron chi connectivity index (χ1n) is 8.89. The van der Waals surface area contributed by atoms with Gasteiger partial charge in [0.1, 0.15) is 5.75 Å². The van der Waals surface area contributed by atoms with Crippen molar-refractivity contribution in [2.45, 2.75) is 24.9 Å². The Kier molecular flexibility index (Phi) is 5.77. The van der Waals surface area contributed by atoms with Crippen molar-refractivity contribution in [1.29, 1.82) is 0 Å². The van der Waals surface area contributed by atoms with Crippen molar-refractivity contribution in [2.75, 3.05) is 11.1 Å². The molecular weight excluding hydrogens is 437 g/mol. The van der Waals surface area contributed by atoms with E-state index in [0.29, 0.717) is 6.20 Å². The number of anilines is 1. The van der Waals surface area contributed by atoms with Gasteiger partial charge in [-0.3, -0.25) is 4.79 Å². The van der Waals surface area contributed by atoms with Crippen LogP contribution in [0.15, 0.2) is 47.6 Å². The molecule has 1 amide bonds.